The minimum Gasteiger partial charge on any atom is -0.334 e. The van der Waals surface area contributed by atoms with E-state index in [-0.39, 0.29) is 5.56 Å². The van der Waals surface area contributed by atoms with E-state index in [1.165, 1.54) is 26.9 Å². The number of aryl methyl sites for hydroxylation is 2. The fourth-order valence-corrected chi connectivity index (χ4v) is 3.40. The second-order valence-corrected chi connectivity index (χ2v) is 6.74. The van der Waals surface area contributed by atoms with Gasteiger partial charge >= 0.3 is 0 Å². The van der Waals surface area contributed by atoms with E-state index in [0.717, 1.165) is 11.4 Å². The summed E-state index contributed by atoms with van der Waals surface area (Å²) in [5, 5.41) is 13.1. The average molecular weight is 368 g/mol. The van der Waals surface area contributed by atoms with E-state index in [2.05, 4.69) is 20.3 Å². The van der Waals surface area contributed by atoms with Crippen LogP contribution >= 0.6 is 11.8 Å². The first-order valence-corrected chi connectivity index (χ1v) is 8.86. The van der Waals surface area contributed by atoms with E-state index in [4.69, 9.17) is 5.84 Å². The van der Waals surface area contributed by atoms with Crippen molar-refractivity contribution in [3.05, 3.63) is 64.0 Å². The Bertz CT molecular complexity index is 1160. The van der Waals surface area contributed by atoms with E-state index in [1.807, 2.05) is 26.0 Å². The maximum Gasteiger partial charge on any atom is 0.271 e. The summed E-state index contributed by atoms with van der Waals surface area (Å²) in [6, 6.07) is 8.88. The first-order valence-electron chi connectivity index (χ1n) is 7.87. The number of nitrogens with two attached hydrogens (primary N) is 1. The maximum absolute atomic E-state index is 12.2. The van der Waals surface area contributed by atoms with Gasteiger partial charge in [0.2, 0.25) is 5.16 Å². The number of hydrogen-bond acceptors (Lipinski definition) is 7. The van der Waals surface area contributed by atoms with Crippen molar-refractivity contribution in [1.29, 1.82) is 0 Å². The van der Waals surface area contributed by atoms with E-state index in [9.17, 15) is 4.79 Å². The minimum atomic E-state index is -0.122. The van der Waals surface area contributed by atoms with E-state index in [1.54, 1.807) is 23.0 Å². The van der Waals surface area contributed by atoms with Gasteiger partial charge < -0.3 is 5.84 Å². The third-order valence-corrected chi connectivity index (χ3v) is 4.80. The van der Waals surface area contributed by atoms with E-state index < -0.39 is 0 Å². The Balaban J connectivity index is 1.59. The number of nitrogen functional groups attached to an aromatic ring is 1. The van der Waals surface area contributed by atoms with Gasteiger partial charge in [0.15, 0.2) is 0 Å². The van der Waals surface area contributed by atoms with Crippen LogP contribution in [0.15, 0.2) is 46.5 Å². The lowest BCUT2D eigenvalue weighted by atomic mass is 10.4. The Hall–Kier alpha value is -3.14. The molecule has 2 N–H and O–H groups in total. The van der Waals surface area contributed by atoms with Crippen LogP contribution in [0.1, 0.15) is 17.1 Å². The van der Waals surface area contributed by atoms with E-state index >= 15 is 0 Å². The summed E-state index contributed by atoms with van der Waals surface area (Å²) in [6.07, 6.45) is 1.69. The molecule has 0 amide bonds. The second-order valence-electron chi connectivity index (χ2n) is 5.79. The molecule has 0 fully saturated rings. The fraction of sp³-hybridized carbons (Fsp3) is 0.188. The van der Waals surface area contributed by atoms with Gasteiger partial charge in [-0.3, -0.25) is 9.20 Å². The quantitative estimate of drug-likeness (QED) is 0.424. The van der Waals surface area contributed by atoms with Gasteiger partial charge in [-0.15, -0.1) is 10.2 Å². The number of hydrogen-bond donors (Lipinski definition) is 1. The molecule has 10 heteroatoms. The molecule has 4 aromatic heterocycles. The summed E-state index contributed by atoms with van der Waals surface area (Å²) in [5.41, 5.74) is 2.93. The second kappa shape index (κ2) is 6.30. The largest absolute Gasteiger partial charge is 0.334 e. The van der Waals surface area contributed by atoms with Crippen molar-refractivity contribution < 1.29 is 0 Å². The molecule has 4 rings (SSSR count). The van der Waals surface area contributed by atoms with Crippen molar-refractivity contribution in [3.8, 4) is 5.95 Å². The van der Waals surface area contributed by atoms with Crippen molar-refractivity contribution in [2.45, 2.75) is 24.8 Å². The van der Waals surface area contributed by atoms with Crippen LogP contribution in [-0.4, -0.2) is 34.0 Å². The molecule has 0 saturated heterocycles. The molecule has 0 aliphatic rings. The van der Waals surface area contributed by atoms with Gasteiger partial charge in [-0.2, -0.15) is 5.10 Å². The Morgan fingerprint density at radius 3 is 2.81 bits per heavy atom. The van der Waals surface area contributed by atoms with Crippen LogP contribution in [0.5, 0.6) is 0 Å². The van der Waals surface area contributed by atoms with Crippen LogP contribution in [0.4, 0.5) is 0 Å². The number of rotatable bonds is 4. The van der Waals surface area contributed by atoms with Gasteiger partial charge in [0.25, 0.3) is 11.5 Å². The Kier molecular flexibility index (Phi) is 3.96. The summed E-state index contributed by atoms with van der Waals surface area (Å²) in [6.45, 7) is 3.83. The zero-order valence-electron chi connectivity index (χ0n) is 14.2. The summed E-state index contributed by atoms with van der Waals surface area (Å²) < 4.78 is 4.53. The highest BCUT2D eigenvalue weighted by Crippen LogP contribution is 2.20. The highest BCUT2D eigenvalue weighted by Gasteiger charge is 2.15. The van der Waals surface area contributed by atoms with Crippen LogP contribution in [0.2, 0.25) is 0 Å². The number of pyridine rings is 1. The number of nitrogens with zero attached hydrogens (tertiary/aromatic N) is 7. The van der Waals surface area contributed by atoms with E-state index in [0.29, 0.717) is 28.2 Å². The van der Waals surface area contributed by atoms with Gasteiger partial charge in [0.05, 0.1) is 11.4 Å². The molecule has 0 unspecified atom stereocenters. The Morgan fingerprint density at radius 2 is 2.04 bits per heavy atom. The number of fused-ring (bicyclic) bond motifs is 1. The molecule has 4 heterocycles. The minimum absolute atomic E-state index is 0.122. The number of aromatic nitrogens is 7. The first kappa shape index (κ1) is 16.3. The molecule has 0 spiro atoms. The van der Waals surface area contributed by atoms with Crippen molar-refractivity contribution in [1.82, 2.24) is 34.0 Å². The molecule has 0 aliphatic heterocycles. The molecule has 0 atom stereocenters. The van der Waals surface area contributed by atoms with Gasteiger partial charge in [-0.1, -0.05) is 17.8 Å². The topological polar surface area (TPSA) is 109 Å². The smallest absolute Gasteiger partial charge is 0.271 e. The molecular weight excluding hydrogens is 352 g/mol. The lowest BCUT2D eigenvalue weighted by Gasteiger charge is -2.05. The van der Waals surface area contributed by atoms with Crippen molar-refractivity contribution in [2.24, 2.45) is 0 Å². The molecule has 26 heavy (non-hydrogen) atoms. The monoisotopic (exact) mass is 368 g/mol. The van der Waals surface area contributed by atoms with Crippen LogP contribution in [0, 0.1) is 13.8 Å². The highest BCUT2D eigenvalue weighted by atomic mass is 32.2. The predicted octanol–water partition coefficient (Wildman–Crippen LogP) is 1.09. The summed E-state index contributed by atoms with van der Waals surface area (Å²) in [4.78, 5) is 16.6. The fourth-order valence-electron chi connectivity index (χ4n) is 2.66. The molecule has 0 aliphatic carbocycles. The van der Waals surface area contributed by atoms with Crippen LogP contribution in [-0.2, 0) is 5.75 Å². The lowest BCUT2D eigenvalue weighted by molar-refractivity contribution is 0.727. The molecule has 0 aromatic carbocycles. The van der Waals surface area contributed by atoms with Gasteiger partial charge in [-0.25, -0.2) is 14.3 Å². The van der Waals surface area contributed by atoms with Crippen LogP contribution in [0.3, 0.4) is 0 Å². The summed E-state index contributed by atoms with van der Waals surface area (Å²) in [7, 11) is 0. The van der Waals surface area contributed by atoms with Crippen molar-refractivity contribution >= 4 is 17.4 Å². The molecule has 0 radical (unpaired) electrons. The van der Waals surface area contributed by atoms with Gasteiger partial charge in [0, 0.05) is 23.7 Å². The molecule has 0 bridgehead atoms. The van der Waals surface area contributed by atoms with Crippen LogP contribution in [0.25, 0.3) is 11.6 Å². The standard InChI is InChI=1S/C16H16N8OS/c1-10-7-11(2)24(21-10)15-19-20-16(23(15)17)26-9-12-8-14(25)22-6-4-3-5-13(22)18-12/h3-8H,9,17H2,1-2H3. The third-order valence-electron chi connectivity index (χ3n) is 3.82. The third kappa shape index (κ3) is 2.84. The maximum atomic E-state index is 12.2. The Morgan fingerprint density at radius 1 is 1.19 bits per heavy atom. The van der Waals surface area contributed by atoms with Gasteiger partial charge in [0.1, 0.15) is 5.65 Å². The molecule has 132 valence electrons. The highest BCUT2D eigenvalue weighted by molar-refractivity contribution is 7.98. The first-order chi connectivity index (χ1) is 12.5. The normalized spacial score (nSPS) is 11.3. The SMILES string of the molecule is Cc1cc(C)n(-c2nnc(SCc3cc(=O)n4ccccc4n3)n2N)n1. The molecular formula is C16H16N8OS. The lowest BCUT2D eigenvalue weighted by Crippen LogP contribution is -2.17. The summed E-state index contributed by atoms with van der Waals surface area (Å²) in [5.74, 6) is 7.01. The van der Waals surface area contributed by atoms with Gasteiger partial charge in [-0.05, 0) is 32.0 Å². The van der Waals surface area contributed by atoms with Crippen LogP contribution < -0.4 is 11.4 Å². The zero-order chi connectivity index (χ0) is 18.3. The molecule has 0 saturated carbocycles. The van der Waals surface area contributed by atoms with Crippen molar-refractivity contribution in [3.63, 3.8) is 0 Å². The molecule has 4 aromatic rings. The average Bonchev–Trinajstić information content (AvgIpc) is 3.14. The summed E-state index contributed by atoms with van der Waals surface area (Å²) >= 11 is 1.36. The Labute approximate surface area is 152 Å². The zero-order valence-corrected chi connectivity index (χ0v) is 15.0. The number of thioether (sulfide) groups is 1. The molecule has 9 nitrogen and oxygen atoms in total. The predicted molar refractivity (Wildman–Crippen MR) is 97.8 cm³/mol. The van der Waals surface area contributed by atoms with Crippen molar-refractivity contribution in [2.75, 3.05) is 5.84 Å².